The second-order valence-corrected chi connectivity index (χ2v) is 7.03. The Morgan fingerprint density at radius 3 is 2.31 bits per heavy atom. The van der Waals surface area contributed by atoms with Crippen LogP contribution >= 0.6 is 0 Å². The molecule has 0 saturated carbocycles. The second kappa shape index (κ2) is 7.76. The Morgan fingerprint density at radius 2 is 1.59 bits per heavy atom. The first-order valence-corrected chi connectivity index (χ1v) is 9.38. The summed E-state index contributed by atoms with van der Waals surface area (Å²) in [5.74, 6) is 0.173. The molecule has 0 spiro atoms. The maximum atomic E-state index is 13.2. The summed E-state index contributed by atoms with van der Waals surface area (Å²) < 4.78 is 11.8. The zero-order chi connectivity index (χ0) is 20.4. The molecule has 4 heteroatoms. The lowest BCUT2D eigenvalue weighted by Crippen LogP contribution is -2.17. The number of ether oxygens (including phenoxy) is 1. The largest absolute Gasteiger partial charge is 0.478 e. The molecular formula is C25H20O4. The summed E-state index contributed by atoms with van der Waals surface area (Å²) >= 11 is 0. The van der Waals surface area contributed by atoms with Crippen LogP contribution in [-0.4, -0.2) is 12.4 Å². The van der Waals surface area contributed by atoms with Gasteiger partial charge in [-0.3, -0.25) is 9.59 Å². The molecule has 0 amide bonds. The van der Waals surface area contributed by atoms with Gasteiger partial charge in [0.1, 0.15) is 5.58 Å². The van der Waals surface area contributed by atoms with Gasteiger partial charge < -0.3 is 9.15 Å². The van der Waals surface area contributed by atoms with Crippen LogP contribution in [0, 0.1) is 13.8 Å². The molecule has 0 fully saturated rings. The van der Waals surface area contributed by atoms with Gasteiger partial charge in [0.2, 0.25) is 11.2 Å². The minimum Gasteiger partial charge on any atom is -0.478 e. The Kier molecular flexibility index (Phi) is 5.00. The number of benzene rings is 3. The van der Waals surface area contributed by atoms with Gasteiger partial charge in [-0.05, 0) is 31.5 Å². The summed E-state index contributed by atoms with van der Waals surface area (Å²) in [6.45, 7) is 3.68. The molecule has 0 aliphatic heterocycles. The molecule has 0 radical (unpaired) electrons. The Balaban J connectivity index is 1.80. The van der Waals surface area contributed by atoms with Crippen LogP contribution in [-0.2, 0) is 0 Å². The molecule has 0 aliphatic carbocycles. The number of carbonyl (C=O) groups is 1. The number of hydrogen-bond donors (Lipinski definition) is 0. The molecular weight excluding hydrogens is 364 g/mol. The van der Waals surface area contributed by atoms with Crippen molar-refractivity contribution in [1.29, 1.82) is 0 Å². The summed E-state index contributed by atoms with van der Waals surface area (Å²) in [4.78, 5) is 25.6. The molecule has 1 aromatic heterocycles. The molecule has 0 atom stereocenters. The zero-order valence-corrected chi connectivity index (χ0v) is 16.3. The second-order valence-electron chi connectivity index (χ2n) is 7.03. The number of fused-ring (bicyclic) bond motifs is 1. The smallest absolute Gasteiger partial charge is 0.235 e. The highest BCUT2D eigenvalue weighted by molar-refractivity contribution is 5.97. The van der Waals surface area contributed by atoms with Crippen molar-refractivity contribution in [2.24, 2.45) is 0 Å². The van der Waals surface area contributed by atoms with Gasteiger partial charge in [-0.25, -0.2) is 0 Å². The fraction of sp³-hybridized carbons (Fsp3) is 0.120. The number of ketones is 1. The Labute approximate surface area is 168 Å². The zero-order valence-electron chi connectivity index (χ0n) is 16.3. The lowest BCUT2D eigenvalue weighted by atomic mass is 10.1. The fourth-order valence-corrected chi connectivity index (χ4v) is 3.15. The van der Waals surface area contributed by atoms with E-state index in [-0.39, 0.29) is 23.6 Å². The van der Waals surface area contributed by atoms with Crippen molar-refractivity contribution >= 4 is 16.8 Å². The van der Waals surface area contributed by atoms with E-state index in [2.05, 4.69) is 0 Å². The first-order valence-electron chi connectivity index (χ1n) is 9.38. The first-order chi connectivity index (χ1) is 14.0. The summed E-state index contributed by atoms with van der Waals surface area (Å²) in [5.41, 5.74) is 3.54. The standard InChI is InChI=1S/C25H20O4/c1-16-8-11-19(12-9-16)24-25(28-15-21(26)18-6-4-3-5-7-18)23(27)20-13-10-17(2)14-22(20)29-24/h3-14H,15H2,1-2H3. The van der Waals surface area contributed by atoms with E-state index in [1.54, 1.807) is 30.3 Å². The predicted molar refractivity (Wildman–Crippen MR) is 114 cm³/mol. The fourth-order valence-electron chi connectivity index (χ4n) is 3.15. The number of hydrogen-bond acceptors (Lipinski definition) is 4. The predicted octanol–water partition coefficient (Wildman–Crippen LogP) is 5.34. The van der Waals surface area contributed by atoms with E-state index in [0.29, 0.717) is 22.3 Å². The molecule has 0 N–H and O–H groups in total. The SMILES string of the molecule is Cc1ccc(-c2oc3cc(C)ccc3c(=O)c2OCC(=O)c2ccccc2)cc1. The van der Waals surface area contributed by atoms with E-state index in [4.69, 9.17) is 9.15 Å². The summed E-state index contributed by atoms with van der Waals surface area (Å²) in [7, 11) is 0. The highest BCUT2D eigenvalue weighted by atomic mass is 16.5. The van der Waals surface area contributed by atoms with Gasteiger partial charge in [0.25, 0.3) is 0 Å². The van der Waals surface area contributed by atoms with Crippen molar-refractivity contribution in [3.8, 4) is 17.1 Å². The molecule has 4 nitrogen and oxygen atoms in total. The average molecular weight is 384 g/mol. The van der Waals surface area contributed by atoms with E-state index < -0.39 is 0 Å². The van der Waals surface area contributed by atoms with Gasteiger partial charge in [0, 0.05) is 11.1 Å². The minimum atomic E-state index is -0.289. The lowest BCUT2D eigenvalue weighted by Gasteiger charge is -2.12. The van der Waals surface area contributed by atoms with Crippen LogP contribution in [0.3, 0.4) is 0 Å². The van der Waals surface area contributed by atoms with Crippen molar-refractivity contribution in [2.45, 2.75) is 13.8 Å². The van der Waals surface area contributed by atoms with Crippen molar-refractivity contribution in [3.05, 3.63) is 99.7 Å². The quantitative estimate of drug-likeness (QED) is 0.436. The molecule has 0 unspecified atom stereocenters. The number of carbonyl (C=O) groups excluding carboxylic acids is 1. The highest BCUT2D eigenvalue weighted by Crippen LogP contribution is 2.31. The van der Waals surface area contributed by atoms with Crippen molar-refractivity contribution in [1.82, 2.24) is 0 Å². The minimum absolute atomic E-state index is 0.0505. The van der Waals surface area contributed by atoms with E-state index in [9.17, 15) is 9.59 Å². The van der Waals surface area contributed by atoms with Gasteiger partial charge in [0.05, 0.1) is 5.39 Å². The van der Waals surface area contributed by atoms with Crippen molar-refractivity contribution < 1.29 is 13.9 Å². The van der Waals surface area contributed by atoms with Gasteiger partial charge >= 0.3 is 0 Å². The number of Topliss-reactive ketones (excluding diaryl/α,β-unsaturated/α-hetero) is 1. The number of aryl methyl sites for hydroxylation is 2. The molecule has 1 heterocycles. The average Bonchev–Trinajstić information content (AvgIpc) is 2.73. The van der Waals surface area contributed by atoms with Crippen LogP contribution in [0.15, 0.2) is 82.0 Å². The van der Waals surface area contributed by atoms with Gasteiger partial charge in [-0.1, -0.05) is 66.2 Å². The maximum Gasteiger partial charge on any atom is 0.235 e. The van der Waals surface area contributed by atoms with Crippen molar-refractivity contribution in [3.63, 3.8) is 0 Å². The molecule has 29 heavy (non-hydrogen) atoms. The van der Waals surface area contributed by atoms with Crippen LogP contribution < -0.4 is 10.2 Å². The molecule has 144 valence electrons. The Bertz CT molecular complexity index is 1240. The molecule has 4 aromatic rings. The van der Waals surface area contributed by atoms with E-state index >= 15 is 0 Å². The van der Waals surface area contributed by atoms with Crippen LogP contribution in [0.1, 0.15) is 21.5 Å². The van der Waals surface area contributed by atoms with E-state index in [1.165, 1.54) is 0 Å². The highest BCUT2D eigenvalue weighted by Gasteiger charge is 2.19. The topological polar surface area (TPSA) is 56.5 Å². The first kappa shape index (κ1) is 18.7. The molecule has 3 aromatic carbocycles. The number of rotatable bonds is 5. The third kappa shape index (κ3) is 3.83. The maximum absolute atomic E-state index is 13.2. The summed E-state index contributed by atoms with van der Waals surface area (Å²) in [6, 6.07) is 21.9. The van der Waals surface area contributed by atoms with Crippen LogP contribution in [0.2, 0.25) is 0 Å². The third-order valence-electron chi connectivity index (χ3n) is 4.76. The lowest BCUT2D eigenvalue weighted by molar-refractivity contribution is 0.0920. The Hall–Kier alpha value is -3.66. The normalized spacial score (nSPS) is 10.8. The molecule has 0 saturated heterocycles. The molecule has 0 aliphatic rings. The molecule has 4 rings (SSSR count). The van der Waals surface area contributed by atoms with Gasteiger partial charge in [-0.15, -0.1) is 0 Å². The van der Waals surface area contributed by atoms with Crippen LogP contribution in [0.5, 0.6) is 5.75 Å². The summed E-state index contributed by atoms with van der Waals surface area (Å²) in [6.07, 6.45) is 0. The van der Waals surface area contributed by atoms with Gasteiger partial charge in [0.15, 0.2) is 18.2 Å². The summed E-state index contributed by atoms with van der Waals surface area (Å²) in [5, 5.41) is 0.425. The Morgan fingerprint density at radius 1 is 0.897 bits per heavy atom. The van der Waals surface area contributed by atoms with Crippen LogP contribution in [0.25, 0.3) is 22.3 Å². The third-order valence-corrected chi connectivity index (χ3v) is 4.76. The van der Waals surface area contributed by atoms with Crippen molar-refractivity contribution in [2.75, 3.05) is 6.61 Å². The van der Waals surface area contributed by atoms with Crippen LogP contribution in [0.4, 0.5) is 0 Å². The van der Waals surface area contributed by atoms with E-state index in [1.807, 2.05) is 56.3 Å². The monoisotopic (exact) mass is 384 g/mol. The molecule has 0 bridgehead atoms. The van der Waals surface area contributed by atoms with Gasteiger partial charge in [-0.2, -0.15) is 0 Å². The van der Waals surface area contributed by atoms with E-state index in [0.717, 1.165) is 16.7 Å².